The van der Waals surface area contributed by atoms with Gasteiger partial charge in [0.25, 0.3) is 5.56 Å². The van der Waals surface area contributed by atoms with Crippen LogP contribution >= 0.6 is 0 Å². The largest absolute Gasteiger partial charge is 0.481 e. The van der Waals surface area contributed by atoms with Crippen molar-refractivity contribution in [1.29, 1.82) is 0 Å². The summed E-state index contributed by atoms with van der Waals surface area (Å²) in [5.41, 5.74) is -0.364. The Labute approximate surface area is 148 Å². The Kier molecular flexibility index (Phi) is 5.17. The molecule has 1 aliphatic rings. The zero-order valence-corrected chi connectivity index (χ0v) is 14.2. The van der Waals surface area contributed by atoms with Crippen LogP contribution in [-0.4, -0.2) is 38.8 Å². The van der Waals surface area contributed by atoms with Crippen LogP contribution in [0.15, 0.2) is 40.2 Å². The number of ether oxygens (including phenoxy) is 1. The number of aliphatic hydroxyl groups excluding tert-OH is 1. The van der Waals surface area contributed by atoms with Gasteiger partial charge in [-0.2, -0.15) is 0 Å². The van der Waals surface area contributed by atoms with Crippen molar-refractivity contribution in [3.05, 3.63) is 57.0 Å². The van der Waals surface area contributed by atoms with E-state index in [2.05, 4.69) is 15.3 Å². The summed E-state index contributed by atoms with van der Waals surface area (Å²) < 4.78 is 6.16. The van der Waals surface area contributed by atoms with Gasteiger partial charge in [0, 0.05) is 24.5 Å². The summed E-state index contributed by atoms with van der Waals surface area (Å²) in [6.07, 6.45) is 3.69. The number of nitrogens with zero attached hydrogens (tertiary/aromatic N) is 2. The topological polar surface area (TPSA) is 126 Å². The molecule has 2 aromatic heterocycles. The molecule has 0 unspecified atom stereocenters. The molecule has 1 atom stereocenters. The Morgan fingerprint density at radius 2 is 2.19 bits per heavy atom. The van der Waals surface area contributed by atoms with Crippen LogP contribution in [0.1, 0.15) is 24.4 Å². The zero-order chi connectivity index (χ0) is 18.7. The second-order valence-electron chi connectivity index (χ2n) is 6.30. The van der Waals surface area contributed by atoms with Gasteiger partial charge in [-0.05, 0) is 24.3 Å². The SMILES string of the molecule is COc1ccc([C@@H](NC(=O)Cn2ccc(=O)[nH]c2=O)C2CC(O)C2)cn1. The standard InChI is InChI=1S/C17H20N4O5/c1-26-15-3-2-10(8-18-15)16(11-6-12(22)7-11)19-14(24)9-21-5-4-13(23)20-17(21)25/h2-5,8,11-12,16,22H,6-7,9H2,1H3,(H,19,24)(H,20,23,25)/t11?,12?,16-/m1/s1. The average molecular weight is 360 g/mol. The number of pyridine rings is 1. The lowest BCUT2D eigenvalue weighted by Crippen LogP contribution is -2.43. The molecule has 0 bridgehead atoms. The Morgan fingerprint density at radius 3 is 2.77 bits per heavy atom. The lowest BCUT2D eigenvalue weighted by atomic mass is 9.75. The molecule has 9 nitrogen and oxygen atoms in total. The van der Waals surface area contributed by atoms with Crippen molar-refractivity contribution in [2.45, 2.75) is 31.5 Å². The average Bonchev–Trinajstić information content (AvgIpc) is 2.60. The number of methoxy groups -OCH3 is 1. The second-order valence-corrected chi connectivity index (χ2v) is 6.30. The van der Waals surface area contributed by atoms with E-state index in [1.165, 1.54) is 19.4 Å². The summed E-state index contributed by atoms with van der Waals surface area (Å²) in [4.78, 5) is 41.5. The minimum Gasteiger partial charge on any atom is -0.481 e. The number of carbonyl (C=O) groups is 1. The highest BCUT2D eigenvalue weighted by Crippen LogP contribution is 2.38. The minimum absolute atomic E-state index is 0.0800. The molecule has 0 aromatic carbocycles. The Morgan fingerprint density at radius 1 is 1.42 bits per heavy atom. The van der Waals surface area contributed by atoms with Crippen LogP contribution in [0.3, 0.4) is 0 Å². The third kappa shape index (κ3) is 3.99. The molecule has 1 amide bonds. The molecular formula is C17H20N4O5. The fourth-order valence-electron chi connectivity index (χ4n) is 3.01. The predicted molar refractivity (Wildman–Crippen MR) is 91.7 cm³/mol. The lowest BCUT2D eigenvalue weighted by molar-refractivity contribution is -0.123. The van der Waals surface area contributed by atoms with E-state index in [1.54, 1.807) is 12.3 Å². The molecule has 1 saturated carbocycles. The van der Waals surface area contributed by atoms with E-state index in [-0.39, 0.29) is 30.5 Å². The van der Waals surface area contributed by atoms with Gasteiger partial charge in [0.15, 0.2) is 0 Å². The number of hydrogen-bond donors (Lipinski definition) is 3. The van der Waals surface area contributed by atoms with E-state index in [0.29, 0.717) is 18.7 Å². The van der Waals surface area contributed by atoms with E-state index in [4.69, 9.17) is 4.74 Å². The smallest absolute Gasteiger partial charge is 0.328 e. The van der Waals surface area contributed by atoms with Crippen molar-refractivity contribution < 1.29 is 14.6 Å². The van der Waals surface area contributed by atoms with Crippen molar-refractivity contribution in [3.8, 4) is 5.88 Å². The number of amides is 1. The summed E-state index contributed by atoms with van der Waals surface area (Å²) in [7, 11) is 1.52. The number of rotatable bonds is 6. The maximum absolute atomic E-state index is 12.4. The van der Waals surface area contributed by atoms with Crippen molar-refractivity contribution in [2.75, 3.05) is 7.11 Å². The first-order chi connectivity index (χ1) is 12.5. The van der Waals surface area contributed by atoms with Crippen LogP contribution in [-0.2, 0) is 11.3 Å². The molecular weight excluding hydrogens is 340 g/mol. The van der Waals surface area contributed by atoms with E-state index in [9.17, 15) is 19.5 Å². The number of H-pyrrole nitrogens is 1. The van der Waals surface area contributed by atoms with Crippen molar-refractivity contribution >= 4 is 5.91 Å². The van der Waals surface area contributed by atoms with E-state index in [1.807, 2.05) is 6.07 Å². The maximum Gasteiger partial charge on any atom is 0.328 e. The molecule has 3 rings (SSSR count). The molecule has 0 radical (unpaired) electrons. The van der Waals surface area contributed by atoms with Gasteiger partial charge in [-0.15, -0.1) is 0 Å². The third-order valence-electron chi connectivity index (χ3n) is 4.48. The van der Waals surface area contributed by atoms with E-state index in [0.717, 1.165) is 10.1 Å². The maximum atomic E-state index is 12.4. The summed E-state index contributed by atoms with van der Waals surface area (Å²) in [6, 6.07) is 4.37. The summed E-state index contributed by atoms with van der Waals surface area (Å²) in [5, 5.41) is 12.5. The number of nitrogens with one attached hydrogen (secondary N) is 2. The van der Waals surface area contributed by atoms with Crippen molar-refractivity contribution in [2.24, 2.45) is 5.92 Å². The molecule has 9 heteroatoms. The van der Waals surface area contributed by atoms with Gasteiger partial charge in [-0.1, -0.05) is 6.07 Å². The summed E-state index contributed by atoms with van der Waals surface area (Å²) in [6.45, 7) is -0.217. The van der Waals surface area contributed by atoms with E-state index < -0.39 is 11.2 Å². The second kappa shape index (κ2) is 7.52. The monoisotopic (exact) mass is 360 g/mol. The van der Waals surface area contributed by atoms with Gasteiger partial charge in [0.1, 0.15) is 6.54 Å². The predicted octanol–water partition coefficient (Wildman–Crippen LogP) is -0.431. The molecule has 2 heterocycles. The highest BCUT2D eigenvalue weighted by molar-refractivity contribution is 5.76. The highest BCUT2D eigenvalue weighted by atomic mass is 16.5. The van der Waals surface area contributed by atoms with Gasteiger partial charge < -0.3 is 15.2 Å². The number of aromatic nitrogens is 3. The number of hydrogen-bond acceptors (Lipinski definition) is 6. The quantitative estimate of drug-likeness (QED) is 0.642. The van der Waals surface area contributed by atoms with Crippen LogP contribution in [0.4, 0.5) is 0 Å². The highest BCUT2D eigenvalue weighted by Gasteiger charge is 2.35. The molecule has 1 aliphatic carbocycles. The first kappa shape index (κ1) is 17.9. The number of aliphatic hydroxyl groups is 1. The van der Waals surface area contributed by atoms with Crippen LogP contribution in [0, 0.1) is 5.92 Å². The molecule has 0 spiro atoms. The van der Waals surface area contributed by atoms with Gasteiger partial charge in [0.2, 0.25) is 11.8 Å². The fourth-order valence-corrected chi connectivity index (χ4v) is 3.01. The first-order valence-electron chi connectivity index (χ1n) is 8.23. The van der Waals surface area contributed by atoms with Gasteiger partial charge in [0.05, 0.1) is 19.3 Å². The van der Waals surface area contributed by atoms with Gasteiger partial charge >= 0.3 is 5.69 Å². The van der Waals surface area contributed by atoms with Crippen LogP contribution in [0.5, 0.6) is 5.88 Å². The zero-order valence-electron chi connectivity index (χ0n) is 14.2. The van der Waals surface area contributed by atoms with Gasteiger partial charge in [-0.3, -0.25) is 19.1 Å². The summed E-state index contributed by atoms with van der Waals surface area (Å²) in [5.74, 6) is 0.171. The van der Waals surface area contributed by atoms with Crippen molar-refractivity contribution in [3.63, 3.8) is 0 Å². The Balaban J connectivity index is 1.75. The summed E-state index contributed by atoms with van der Waals surface area (Å²) >= 11 is 0. The van der Waals surface area contributed by atoms with Crippen molar-refractivity contribution in [1.82, 2.24) is 19.9 Å². The molecule has 0 aliphatic heterocycles. The normalized spacial score (nSPS) is 20.1. The lowest BCUT2D eigenvalue weighted by Gasteiger charge is -2.38. The van der Waals surface area contributed by atoms with Crippen LogP contribution in [0.25, 0.3) is 0 Å². The molecule has 26 heavy (non-hydrogen) atoms. The molecule has 3 N–H and O–H groups in total. The number of aromatic amines is 1. The van der Waals surface area contributed by atoms with E-state index >= 15 is 0 Å². The van der Waals surface area contributed by atoms with Crippen LogP contribution in [0.2, 0.25) is 0 Å². The number of carbonyl (C=O) groups excluding carboxylic acids is 1. The first-order valence-corrected chi connectivity index (χ1v) is 8.23. The minimum atomic E-state index is -0.644. The third-order valence-corrected chi connectivity index (χ3v) is 4.48. The fraction of sp³-hybridized carbons (Fsp3) is 0.412. The molecule has 2 aromatic rings. The Hall–Kier alpha value is -2.94. The molecule has 138 valence electrons. The van der Waals surface area contributed by atoms with Crippen LogP contribution < -0.4 is 21.3 Å². The Bertz CT molecular complexity index is 883. The molecule has 1 fully saturated rings. The van der Waals surface area contributed by atoms with Gasteiger partial charge in [-0.25, -0.2) is 9.78 Å². The molecule has 0 saturated heterocycles.